The van der Waals surface area contributed by atoms with Gasteiger partial charge in [0, 0.05) is 26.1 Å². The predicted molar refractivity (Wildman–Crippen MR) is 85.5 cm³/mol. The number of ether oxygens (including phenoxy) is 1. The van der Waals surface area contributed by atoms with E-state index in [4.69, 9.17) is 10.5 Å². The van der Waals surface area contributed by atoms with Crippen molar-refractivity contribution in [3.05, 3.63) is 41.7 Å². The highest BCUT2D eigenvalue weighted by molar-refractivity contribution is 5.47. The van der Waals surface area contributed by atoms with Gasteiger partial charge in [0.15, 0.2) is 0 Å². The number of hydrogen-bond donors (Lipinski definition) is 1. The lowest BCUT2D eigenvalue weighted by Gasteiger charge is -2.19. The minimum absolute atomic E-state index is 0.515. The zero-order chi connectivity index (χ0) is 15.2. The van der Waals surface area contributed by atoms with Gasteiger partial charge >= 0.3 is 0 Å². The monoisotopic (exact) mass is 286 g/mol. The van der Waals surface area contributed by atoms with Crippen molar-refractivity contribution in [2.45, 2.75) is 26.3 Å². The highest BCUT2D eigenvalue weighted by Crippen LogP contribution is 2.18. The number of nitrogens with two attached hydrogens (primary N) is 1. The lowest BCUT2D eigenvalue weighted by atomic mass is 10.2. The van der Waals surface area contributed by atoms with E-state index in [-0.39, 0.29) is 0 Å². The molecular formula is C16H22N4O. The molecule has 0 aliphatic heterocycles. The molecule has 21 heavy (non-hydrogen) atoms. The highest BCUT2D eigenvalue weighted by Gasteiger charge is 2.08. The molecule has 2 N–H and O–H groups in total. The molecule has 5 nitrogen and oxygen atoms in total. The molecule has 1 aromatic heterocycles. The van der Waals surface area contributed by atoms with Gasteiger partial charge in [0.1, 0.15) is 23.2 Å². The van der Waals surface area contributed by atoms with Crippen LogP contribution in [-0.2, 0) is 13.0 Å². The SMILES string of the molecule is CCCc1nc(N)cc(N(C)Cc2cccc(OC)c2)n1. The van der Waals surface area contributed by atoms with Gasteiger partial charge in [0.05, 0.1) is 7.11 Å². The summed E-state index contributed by atoms with van der Waals surface area (Å²) in [4.78, 5) is 10.9. The molecule has 0 aliphatic carbocycles. The van der Waals surface area contributed by atoms with Gasteiger partial charge in [-0.05, 0) is 24.1 Å². The molecule has 5 heteroatoms. The molecule has 0 saturated heterocycles. The number of methoxy groups -OCH3 is 1. The fraction of sp³-hybridized carbons (Fsp3) is 0.375. The smallest absolute Gasteiger partial charge is 0.134 e. The van der Waals surface area contributed by atoms with Gasteiger partial charge in [0.2, 0.25) is 0 Å². The van der Waals surface area contributed by atoms with Crippen molar-refractivity contribution in [2.75, 3.05) is 24.8 Å². The Morgan fingerprint density at radius 2 is 2.05 bits per heavy atom. The van der Waals surface area contributed by atoms with E-state index in [0.29, 0.717) is 5.82 Å². The topological polar surface area (TPSA) is 64.3 Å². The second-order valence-electron chi connectivity index (χ2n) is 5.02. The summed E-state index contributed by atoms with van der Waals surface area (Å²) >= 11 is 0. The second-order valence-corrected chi connectivity index (χ2v) is 5.02. The van der Waals surface area contributed by atoms with Crippen LogP contribution in [0.25, 0.3) is 0 Å². The summed E-state index contributed by atoms with van der Waals surface area (Å²) in [5, 5.41) is 0. The molecule has 0 atom stereocenters. The molecule has 0 spiro atoms. The van der Waals surface area contributed by atoms with Crippen LogP contribution in [0.1, 0.15) is 24.7 Å². The van der Waals surface area contributed by atoms with Crippen molar-refractivity contribution < 1.29 is 4.74 Å². The number of nitrogens with zero attached hydrogens (tertiary/aromatic N) is 3. The van der Waals surface area contributed by atoms with E-state index in [2.05, 4.69) is 27.9 Å². The third-order valence-electron chi connectivity index (χ3n) is 3.20. The average molecular weight is 286 g/mol. The van der Waals surface area contributed by atoms with Gasteiger partial charge in [-0.3, -0.25) is 0 Å². The third kappa shape index (κ3) is 4.08. The maximum Gasteiger partial charge on any atom is 0.134 e. The van der Waals surface area contributed by atoms with Crippen LogP contribution in [0.15, 0.2) is 30.3 Å². The Bertz CT molecular complexity index is 601. The summed E-state index contributed by atoms with van der Waals surface area (Å²) in [6.07, 6.45) is 1.84. The molecule has 2 rings (SSSR count). The highest BCUT2D eigenvalue weighted by atomic mass is 16.5. The van der Waals surface area contributed by atoms with Gasteiger partial charge in [-0.25, -0.2) is 9.97 Å². The second kappa shape index (κ2) is 6.92. The van der Waals surface area contributed by atoms with Gasteiger partial charge in [-0.15, -0.1) is 0 Å². The number of benzene rings is 1. The number of anilines is 2. The van der Waals surface area contributed by atoms with Crippen LogP contribution >= 0.6 is 0 Å². The van der Waals surface area contributed by atoms with Crippen molar-refractivity contribution >= 4 is 11.6 Å². The molecule has 112 valence electrons. The van der Waals surface area contributed by atoms with E-state index in [1.54, 1.807) is 13.2 Å². The largest absolute Gasteiger partial charge is 0.497 e. The molecular weight excluding hydrogens is 264 g/mol. The van der Waals surface area contributed by atoms with Crippen molar-refractivity contribution in [1.29, 1.82) is 0 Å². The predicted octanol–water partition coefficient (Wildman–Crippen LogP) is 2.66. The standard InChI is InChI=1S/C16H22N4O/c1-4-6-15-18-14(17)10-16(19-15)20(2)11-12-7-5-8-13(9-12)21-3/h5,7-10H,4,6,11H2,1-3H3,(H2,17,18,19). The summed E-state index contributed by atoms with van der Waals surface area (Å²) < 4.78 is 5.25. The molecule has 2 aromatic rings. The van der Waals surface area contributed by atoms with Gasteiger partial charge in [-0.1, -0.05) is 19.1 Å². The quantitative estimate of drug-likeness (QED) is 0.884. The van der Waals surface area contributed by atoms with Crippen LogP contribution < -0.4 is 15.4 Å². The maximum absolute atomic E-state index is 5.87. The summed E-state index contributed by atoms with van der Waals surface area (Å²) in [5.74, 6) is 3.01. The Morgan fingerprint density at radius 1 is 1.24 bits per heavy atom. The van der Waals surface area contributed by atoms with E-state index in [1.807, 2.05) is 25.2 Å². The number of aryl methyl sites for hydroxylation is 1. The summed E-state index contributed by atoms with van der Waals surface area (Å²) in [5.41, 5.74) is 7.03. The van der Waals surface area contributed by atoms with E-state index < -0.39 is 0 Å². The van der Waals surface area contributed by atoms with Crippen LogP contribution in [0.4, 0.5) is 11.6 Å². The Morgan fingerprint density at radius 3 is 2.76 bits per heavy atom. The molecule has 0 fully saturated rings. The minimum Gasteiger partial charge on any atom is -0.497 e. The Hall–Kier alpha value is -2.30. The Kier molecular flexibility index (Phi) is 4.98. The van der Waals surface area contributed by atoms with Crippen molar-refractivity contribution in [3.63, 3.8) is 0 Å². The fourth-order valence-corrected chi connectivity index (χ4v) is 2.16. The number of nitrogen functional groups attached to an aromatic ring is 1. The van der Waals surface area contributed by atoms with Gasteiger partial charge < -0.3 is 15.4 Å². The molecule has 0 amide bonds. The van der Waals surface area contributed by atoms with Crippen LogP contribution in [-0.4, -0.2) is 24.1 Å². The molecule has 0 aliphatic rings. The Balaban J connectivity index is 2.17. The van der Waals surface area contributed by atoms with Crippen LogP contribution in [0.5, 0.6) is 5.75 Å². The van der Waals surface area contributed by atoms with Gasteiger partial charge in [0.25, 0.3) is 0 Å². The maximum atomic E-state index is 5.87. The zero-order valence-electron chi connectivity index (χ0n) is 12.8. The third-order valence-corrected chi connectivity index (χ3v) is 3.20. The Labute approximate surface area is 125 Å². The fourth-order valence-electron chi connectivity index (χ4n) is 2.16. The van der Waals surface area contributed by atoms with E-state index in [9.17, 15) is 0 Å². The average Bonchev–Trinajstić information content (AvgIpc) is 2.47. The van der Waals surface area contributed by atoms with E-state index in [1.165, 1.54) is 0 Å². The molecule has 0 bridgehead atoms. The summed E-state index contributed by atoms with van der Waals surface area (Å²) in [7, 11) is 3.67. The molecule has 0 radical (unpaired) electrons. The summed E-state index contributed by atoms with van der Waals surface area (Å²) in [6, 6.07) is 9.81. The van der Waals surface area contributed by atoms with Gasteiger partial charge in [-0.2, -0.15) is 0 Å². The first-order valence-electron chi connectivity index (χ1n) is 7.10. The van der Waals surface area contributed by atoms with Crippen LogP contribution in [0.2, 0.25) is 0 Å². The van der Waals surface area contributed by atoms with E-state index >= 15 is 0 Å². The lowest BCUT2D eigenvalue weighted by Crippen LogP contribution is -2.19. The molecule has 0 unspecified atom stereocenters. The first-order chi connectivity index (χ1) is 10.1. The minimum atomic E-state index is 0.515. The van der Waals surface area contributed by atoms with Crippen molar-refractivity contribution in [2.24, 2.45) is 0 Å². The first-order valence-corrected chi connectivity index (χ1v) is 7.10. The van der Waals surface area contributed by atoms with Crippen molar-refractivity contribution in [3.8, 4) is 5.75 Å². The van der Waals surface area contributed by atoms with Crippen LogP contribution in [0, 0.1) is 0 Å². The van der Waals surface area contributed by atoms with E-state index in [0.717, 1.165) is 42.3 Å². The zero-order valence-corrected chi connectivity index (χ0v) is 12.8. The number of rotatable bonds is 6. The van der Waals surface area contributed by atoms with Crippen LogP contribution in [0.3, 0.4) is 0 Å². The van der Waals surface area contributed by atoms with Crippen molar-refractivity contribution in [1.82, 2.24) is 9.97 Å². The number of aromatic nitrogens is 2. The molecule has 0 saturated carbocycles. The summed E-state index contributed by atoms with van der Waals surface area (Å²) in [6.45, 7) is 2.84. The first kappa shape index (κ1) is 15.1. The molecule has 1 heterocycles. The number of hydrogen-bond acceptors (Lipinski definition) is 5. The lowest BCUT2D eigenvalue weighted by molar-refractivity contribution is 0.414. The normalized spacial score (nSPS) is 10.4. The molecule has 1 aromatic carbocycles.